The SMILES string of the molecule is Cc1cccc(N2CCN(C(=O)CCN3C(=S)NC(C)(C)C[C@H]3C)CC2)c1C. The van der Waals surface area contributed by atoms with Crippen LogP contribution >= 0.6 is 12.2 Å². The first kappa shape index (κ1) is 20.9. The smallest absolute Gasteiger partial charge is 0.224 e. The van der Waals surface area contributed by atoms with Gasteiger partial charge in [-0.05, 0) is 70.5 Å². The lowest BCUT2D eigenvalue weighted by molar-refractivity contribution is -0.131. The highest BCUT2D eigenvalue weighted by Crippen LogP contribution is 2.25. The van der Waals surface area contributed by atoms with Crippen molar-refractivity contribution < 1.29 is 4.79 Å². The molecule has 0 aromatic heterocycles. The van der Waals surface area contributed by atoms with E-state index in [1.165, 1.54) is 16.8 Å². The molecule has 154 valence electrons. The van der Waals surface area contributed by atoms with E-state index in [0.717, 1.165) is 37.7 Å². The molecule has 2 saturated heterocycles. The van der Waals surface area contributed by atoms with E-state index >= 15 is 0 Å². The molecular weight excluding hydrogens is 368 g/mol. The molecule has 0 unspecified atom stereocenters. The maximum atomic E-state index is 12.8. The van der Waals surface area contributed by atoms with Gasteiger partial charge in [-0.25, -0.2) is 0 Å². The molecule has 2 heterocycles. The van der Waals surface area contributed by atoms with Gasteiger partial charge in [-0.2, -0.15) is 0 Å². The molecule has 5 nitrogen and oxygen atoms in total. The van der Waals surface area contributed by atoms with Crippen LogP contribution in [0.2, 0.25) is 0 Å². The Morgan fingerprint density at radius 3 is 2.54 bits per heavy atom. The van der Waals surface area contributed by atoms with Crippen molar-refractivity contribution in [3.63, 3.8) is 0 Å². The number of amides is 1. The molecule has 2 aliphatic heterocycles. The van der Waals surface area contributed by atoms with Gasteiger partial charge < -0.3 is 20.0 Å². The highest BCUT2D eigenvalue weighted by atomic mass is 32.1. The van der Waals surface area contributed by atoms with Crippen molar-refractivity contribution >= 4 is 28.9 Å². The van der Waals surface area contributed by atoms with Gasteiger partial charge in [0.25, 0.3) is 0 Å². The lowest BCUT2D eigenvalue weighted by Gasteiger charge is -2.45. The average Bonchev–Trinajstić information content (AvgIpc) is 2.62. The molecule has 0 saturated carbocycles. The number of aryl methyl sites for hydroxylation is 1. The predicted octanol–water partition coefficient (Wildman–Crippen LogP) is 3.09. The largest absolute Gasteiger partial charge is 0.368 e. The molecular formula is C22H34N4OS. The first-order valence-electron chi connectivity index (χ1n) is 10.4. The number of nitrogens with zero attached hydrogens (tertiary/aromatic N) is 3. The summed E-state index contributed by atoms with van der Waals surface area (Å²) in [6, 6.07) is 6.82. The van der Waals surface area contributed by atoms with Gasteiger partial charge in [-0.15, -0.1) is 0 Å². The third-order valence-corrected chi connectivity index (χ3v) is 6.50. The highest BCUT2D eigenvalue weighted by Gasteiger charge is 2.33. The highest BCUT2D eigenvalue weighted by molar-refractivity contribution is 7.80. The van der Waals surface area contributed by atoms with Crippen LogP contribution in [0.15, 0.2) is 18.2 Å². The molecule has 1 N–H and O–H groups in total. The molecule has 1 aromatic rings. The van der Waals surface area contributed by atoms with Crippen molar-refractivity contribution in [2.75, 3.05) is 37.6 Å². The van der Waals surface area contributed by atoms with E-state index in [2.05, 4.69) is 67.9 Å². The van der Waals surface area contributed by atoms with Gasteiger partial charge in [0.05, 0.1) is 0 Å². The van der Waals surface area contributed by atoms with E-state index in [1.54, 1.807) is 0 Å². The Kier molecular flexibility index (Phi) is 6.18. The molecule has 1 amide bonds. The zero-order chi connectivity index (χ0) is 20.5. The van der Waals surface area contributed by atoms with Crippen LogP contribution in [0, 0.1) is 13.8 Å². The predicted molar refractivity (Wildman–Crippen MR) is 120 cm³/mol. The third kappa shape index (κ3) is 4.59. The van der Waals surface area contributed by atoms with E-state index < -0.39 is 0 Å². The second kappa shape index (κ2) is 8.27. The van der Waals surface area contributed by atoms with Crippen LogP contribution in [0.5, 0.6) is 0 Å². The van der Waals surface area contributed by atoms with Gasteiger partial charge in [0.15, 0.2) is 5.11 Å². The summed E-state index contributed by atoms with van der Waals surface area (Å²) in [5, 5.41) is 4.17. The number of hydrogen-bond donors (Lipinski definition) is 1. The summed E-state index contributed by atoms with van der Waals surface area (Å²) in [4.78, 5) is 19.3. The summed E-state index contributed by atoms with van der Waals surface area (Å²) in [7, 11) is 0. The number of thiocarbonyl (C=S) groups is 1. The van der Waals surface area contributed by atoms with Crippen LogP contribution in [-0.4, -0.2) is 65.1 Å². The van der Waals surface area contributed by atoms with Gasteiger partial charge in [-0.1, -0.05) is 12.1 Å². The minimum Gasteiger partial charge on any atom is -0.368 e. The van der Waals surface area contributed by atoms with Gasteiger partial charge >= 0.3 is 0 Å². The van der Waals surface area contributed by atoms with Crippen LogP contribution in [0.3, 0.4) is 0 Å². The minimum atomic E-state index is 0.0290. The van der Waals surface area contributed by atoms with E-state index in [0.29, 0.717) is 19.0 Å². The number of carbonyl (C=O) groups excluding carboxylic acids is 1. The van der Waals surface area contributed by atoms with E-state index in [9.17, 15) is 4.79 Å². The summed E-state index contributed by atoms with van der Waals surface area (Å²) in [6.07, 6.45) is 1.55. The quantitative estimate of drug-likeness (QED) is 0.784. The normalized spacial score (nSPS) is 22.2. The lowest BCUT2D eigenvalue weighted by Crippen LogP contribution is -2.60. The Morgan fingerprint density at radius 2 is 1.89 bits per heavy atom. The number of hydrogen-bond acceptors (Lipinski definition) is 3. The number of benzene rings is 1. The van der Waals surface area contributed by atoms with Crippen molar-refractivity contribution in [2.45, 2.75) is 59.0 Å². The van der Waals surface area contributed by atoms with Crippen molar-refractivity contribution in [3.8, 4) is 0 Å². The molecule has 0 radical (unpaired) electrons. The minimum absolute atomic E-state index is 0.0290. The van der Waals surface area contributed by atoms with E-state index in [4.69, 9.17) is 12.2 Å². The molecule has 2 aliphatic rings. The molecule has 0 bridgehead atoms. The molecule has 1 atom stereocenters. The number of nitrogens with one attached hydrogen (secondary N) is 1. The summed E-state index contributed by atoms with van der Waals surface area (Å²) in [5.41, 5.74) is 3.99. The molecule has 2 fully saturated rings. The average molecular weight is 403 g/mol. The van der Waals surface area contributed by atoms with Crippen molar-refractivity contribution in [1.82, 2.24) is 15.1 Å². The van der Waals surface area contributed by atoms with Gasteiger partial charge in [0.2, 0.25) is 5.91 Å². The second-order valence-electron chi connectivity index (χ2n) is 8.90. The van der Waals surface area contributed by atoms with Gasteiger partial charge in [0.1, 0.15) is 0 Å². The third-order valence-electron chi connectivity index (χ3n) is 6.16. The maximum Gasteiger partial charge on any atom is 0.224 e. The monoisotopic (exact) mass is 402 g/mol. The van der Waals surface area contributed by atoms with E-state index in [1.807, 2.05) is 4.90 Å². The number of piperazine rings is 1. The van der Waals surface area contributed by atoms with Crippen LogP contribution in [0.25, 0.3) is 0 Å². The Morgan fingerprint density at radius 1 is 1.21 bits per heavy atom. The van der Waals surface area contributed by atoms with Crippen molar-refractivity contribution in [1.29, 1.82) is 0 Å². The zero-order valence-corrected chi connectivity index (χ0v) is 18.7. The Bertz CT molecular complexity index is 740. The van der Waals surface area contributed by atoms with Gasteiger partial charge in [-0.3, -0.25) is 4.79 Å². The summed E-state index contributed by atoms with van der Waals surface area (Å²) in [6.45, 7) is 14.9. The van der Waals surface area contributed by atoms with Crippen molar-refractivity contribution in [2.24, 2.45) is 0 Å². The Labute approximate surface area is 175 Å². The first-order valence-corrected chi connectivity index (χ1v) is 10.8. The fourth-order valence-corrected chi connectivity index (χ4v) is 4.98. The Balaban J connectivity index is 1.50. The second-order valence-corrected chi connectivity index (χ2v) is 9.28. The van der Waals surface area contributed by atoms with E-state index in [-0.39, 0.29) is 11.4 Å². The summed E-state index contributed by atoms with van der Waals surface area (Å²) < 4.78 is 0. The van der Waals surface area contributed by atoms with Crippen LogP contribution in [-0.2, 0) is 4.79 Å². The number of anilines is 1. The van der Waals surface area contributed by atoms with Gasteiger partial charge in [0, 0.05) is 56.4 Å². The molecule has 28 heavy (non-hydrogen) atoms. The molecule has 1 aromatic carbocycles. The fourth-order valence-electron chi connectivity index (χ4n) is 4.43. The lowest BCUT2D eigenvalue weighted by atomic mass is 9.93. The maximum absolute atomic E-state index is 12.8. The van der Waals surface area contributed by atoms with Crippen LogP contribution in [0.4, 0.5) is 5.69 Å². The van der Waals surface area contributed by atoms with Crippen molar-refractivity contribution in [3.05, 3.63) is 29.3 Å². The topological polar surface area (TPSA) is 38.8 Å². The summed E-state index contributed by atoms with van der Waals surface area (Å²) >= 11 is 5.54. The summed E-state index contributed by atoms with van der Waals surface area (Å²) in [5.74, 6) is 0.237. The zero-order valence-electron chi connectivity index (χ0n) is 17.9. The molecule has 0 aliphatic carbocycles. The van der Waals surface area contributed by atoms with Crippen LogP contribution in [0.1, 0.15) is 44.7 Å². The Hall–Kier alpha value is -1.82. The first-order chi connectivity index (χ1) is 13.2. The van der Waals surface area contributed by atoms with Crippen LogP contribution < -0.4 is 10.2 Å². The molecule has 6 heteroatoms. The fraction of sp³-hybridized carbons (Fsp3) is 0.636. The molecule has 0 spiro atoms. The standard InChI is InChI=1S/C22H34N4OS/c1-16-7-6-8-19(18(16)3)24-11-13-25(14-12-24)20(27)9-10-26-17(2)15-22(4,5)23-21(26)28/h6-8,17H,9-15H2,1-5H3,(H,23,28)/t17-/m1/s1. The molecule has 3 rings (SSSR count). The number of rotatable bonds is 4. The number of carbonyl (C=O) groups is 1.